The Morgan fingerprint density at radius 2 is 1.95 bits per heavy atom. The Hall–Kier alpha value is -1.51. The highest BCUT2D eigenvalue weighted by atomic mass is 16.2. The van der Waals surface area contributed by atoms with Gasteiger partial charge in [0.25, 0.3) is 5.91 Å². The van der Waals surface area contributed by atoms with E-state index in [4.69, 9.17) is 0 Å². The van der Waals surface area contributed by atoms with E-state index in [9.17, 15) is 4.79 Å². The minimum absolute atomic E-state index is 0.171. The highest BCUT2D eigenvalue weighted by molar-refractivity contribution is 5.97. The van der Waals surface area contributed by atoms with E-state index in [0.717, 1.165) is 36.3 Å². The van der Waals surface area contributed by atoms with Gasteiger partial charge in [-0.2, -0.15) is 0 Å². The van der Waals surface area contributed by atoms with Crippen molar-refractivity contribution in [1.82, 2.24) is 4.90 Å². The number of rotatable bonds is 4. The van der Waals surface area contributed by atoms with Crippen molar-refractivity contribution in [3.63, 3.8) is 0 Å². The molecule has 2 rings (SSSR count). The number of carbonyl (C=O) groups excluding carboxylic acids is 1. The van der Waals surface area contributed by atoms with Crippen LogP contribution in [0.4, 0.5) is 5.69 Å². The third-order valence-electron chi connectivity index (χ3n) is 4.09. The van der Waals surface area contributed by atoms with Gasteiger partial charge in [-0.05, 0) is 43.9 Å². The fraction of sp³-hybridized carbons (Fsp3) is 0.562. The second-order valence-electron chi connectivity index (χ2n) is 5.80. The summed E-state index contributed by atoms with van der Waals surface area (Å²) in [4.78, 5) is 14.2. The van der Waals surface area contributed by atoms with Gasteiger partial charge in [0, 0.05) is 30.4 Å². The number of nitrogens with one attached hydrogen (secondary N) is 1. The van der Waals surface area contributed by atoms with Crippen LogP contribution in [0.15, 0.2) is 18.2 Å². The molecular formula is C16H24N2O. The minimum Gasteiger partial charge on any atom is -0.382 e. The second kappa shape index (κ2) is 5.64. The van der Waals surface area contributed by atoms with Crippen molar-refractivity contribution in [2.75, 3.05) is 18.4 Å². The summed E-state index contributed by atoms with van der Waals surface area (Å²) < 4.78 is 0. The SMILES string of the molecule is Cc1c(NC(C)C(C)C)cccc1C(=O)N1CCC1. The summed E-state index contributed by atoms with van der Waals surface area (Å²) in [6.45, 7) is 10.4. The van der Waals surface area contributed by atoms with Gasteiger partial charge in [0.05, 0.1) is 0 Å². The molecule has 0 aromatic heterocycles. The van der Waals surface area contributed by atoms with Gasteiger partial charge in [-0.25, -0.2) is 0 Å². The molecule has 1 aromatic rings. The van der Waals surface area contributed by atoms with Crippen molar-refractivity contribution in [3.8, 4) is 0 Å². The van der Waals surface area contributed by atoms with Gasteiger partial charge in [0.1, 0.15) is 0 Å². The molecule has 1 unspecified atom stereocenters. The summed E-state index contributed by atoms with van der Waals surface area (Å²) in [7, 11) is 0. The third-order valence-corrected chi connectivity index (χ3v) is 4.09. The van der Waals surface area contributed by atoms with Gasteiger partial charge in [-0.1, -0.05) is 19.9 Å². The molecule has 1 aliphatic rings. The smallest absolute Gasteiger partial charge is 0.254 e. The van der Waals surface area contributed by atoms with Crippen LogP contribution in [0.1, 0.15) is 43.1 Å². The maximum atomic E-state index is 12.3. The molecular weight excluding hydrogens is 236 g/mol. The Morgan fingerprint density at radius 1 is 1.26 bits per heavy atom. The third kappa shape index (κ3) is 2.91. The Labute approximate surface area is 116 Å². The first-order chi connectivity index (χ1) is 9.00. The van der Waals surface area contributed by atoms with Crippen LogP contribution < -0.4 is 5.32 Å². The standard InChI is InChI=1S/C16H24N2O/c1-11(2)13(4)17-15-8-5-7-14(12(15)3)16(19)18-9-6-10-18/h5,7-8,11,13,17H,6,9-10H2,1-4H3. The lowest BCUT2D eigenvalue weighted by atomic mass is 10.0. The van der Waals surface area contributed by atoms with E-state index in [0.29, 0.717) is 12.0 Å². The molecule has 0 spiro atoms. The molecule has 0 radical (unpaired) electrons. The molecule has 0 saturated carbocycles. The van der Waals surface area contributed by atoms with E-state index in [1.54, 1.807) is 0 Å². The number of hydrogen-bond donors (Lipinski definition) is 1. The average molecular weight is 260 g/mol. The number of amides is 1. The van der Waals surface area contributed by atoms with Crippen molar-refractivity contribution in [3.05, 3.63) is 29.3 Å². The highest BCUT2D eigenvalue weighted by Gasteiger charge is 2.23. The van der Waals surface area contributed by atoms with Crippen LogP contribution in [0, 0.1) is 12.8 Å². The lowest BCUT2D eigenvalue weighted by Gasteiger charge is -2.31. The van der Waals surface area contributed by atoms with Crippen molar-refractivity contribution >= 4 is 11.6 Å². The molecule has 3 nitrogen and oxygen atoms in total. The number of likely N-dealkylation sites (tertiary alicyclic amines) is 1. The second-order valence-corrected chi connectivity index (χ2v) is 5.80. The number of anilines is 1. The summed E-state index contributed by atoms with van der Waals surface area (Å²) in [5.41, 5.74) is 2.97. The Kier molecular flexibility index (Phi) is 4.13. The summed E-state index contributed by atoms with van der Waals surface area (Å²) in [6, 6.07) is 6.35. The summed E-state index contributed by atoms with van der Waals surface area (Å²) in [6.07, 6.45) is 1.13. The van der Waals surface area contributed by atoms with Crippen LogP contribution in [0.25, 0.3) is 0 Å². The largest absolute Gasteiger partial charge is 0.382 e. The zero-order chi connectivity index (χ0) is 14.0. The molecule has 1 amide bonds. The van der Waals surface area contributed by atoms with E-state index in [1.165, 1.54) is 0 Å². The summed E-state index contributed by atoms with van der Waals surface area (Å²) in [5.74, 6) is 0.735. The van der Waals surface area contributed by atoms with E-state index in [2.05, 4.69) is 32.2 Å². The van der Waals surface area contributed by atoms with Gasteiger partial charge < -0.3 is 10.2 Å². The van der Waals surface area contributed by atoms with E-state index in [1.807, 2.05) is 24.0 Å². The monoisotopic (exact) mass is 260 g/mol. The van der Waals surface area contributed by atoms with Crippen LogP contribution >= 0.6 is 0 Å². The first-order valence-electron chi connectivity index (χ1n) is 7.16. The molecule has 19 heavy (non-hydrogen) atoms. The number of benzene rings is 1. The van der Waals surface area contributed by atoms with Crippen LogP contribution in [0.3, 0.4) is 0 Å². The molecule has 1 heterocycles. The zero-order valence-electron chi connectivity index (χ0n) is 12.4. The quantitative estimate of drug-likeness (QED) is 0.901. The van der Waals surface area contributed by atoms with E-state index in [-0.39, 0.29) is 5.91 Å². The first-order valence-corrected chi connectivity index (χ1v) is 7.16. The van der Waals surface area contributed by atoms with Gasteiger partial charge in [0.2, 0.25) is 0 Å². The Balaban J connectivity index is 2.19. The summed E-state index contributed by atoms with van der Waals surface area (Å²) in [5, 5.41) is 3.51. The molecule has 3 heteroatoms. The van der Waals surface area contributed by atoms with E-state index >= 15 is 0 Å². The lowest BCUT2D eigenvalue weighted by molar-refractivity contribution is 0.0651. The van der Waals surface area contributed by atoms with Crippen molar-refractivity contribution in [1.29, 1.82) is 0 Å². The molecule has 1 atom stereocenters. The molecule has 1 aliphatic heterocycles. The Bertz CT molecular complexity index is 464. The van der Waals surface area contributed by atoms with Gasteiger partial charge >= 0.3 is 0 Å². The molecule has 104 valence electrons. The van der Waals surface area contributed by atoms with Crippen LogP contribution in [-0.2, 0) is 0 Å². The number of hydrogen-bond acceptors (Lipinski definition) is 2. The predicted molar refractivity (Wildman–Crippen MR) is 79.6 cm³/mol. The minimum atomic E-state index is 0.171. The summed E-state index contributed by atoms with van der Waals surface area (Å²) >= 11 is 0. The van der Waals surface area contributed by atoms with Crippen molar-refractivity contribution in [2.24, 2.45) is 5.92 Å². The predicted octanol–water partition coefficient (Wildman–Crippen LogP) is 3.30. The van der Waals surface area contributed by atoms with Crippen LogP contribution in [0.5, 0.6) is 0 Å². The van der Waals surface area contributed by atoms with Crippen LogP contribution in [0.2, 0.25) is 0 Å². The molecule has 1 saturated heterocycles. The van der Waals surface area contributed by atoms with E-state index < -0.39 is 0 Å². The fourth-order valence-corrected chi connectivity index (χ4v) is 2.13. The molecule has 1 aromatic carbocycles. The van der Waals surface area contributed by atoms with Gasteiger partial charge in [0.15, 0.2) is 0 Å². The fourth-order valence-electron chi connectivity index (χ4n) is 2.13. The number of carbonyl (C=O) groups is 1. The zero-order valence-corrected chi connectivity index (χ0v) is 12.4. The molecule has 0 aliphatic carbocycles. The van der Waals surface area contributed by atoms with Crippen molar-refractivity contribution in [2.45, 2.75) is 40.2 Å². The van der Waals surface area contributed by atoms with Crippen LogP contribution in [-0.4, -0.2) is 29.9 Å². The molecule has 1 N–H and O–H groups in total. The lowest BCUT2D eigenvalue weighted by Crippen LogP contribution is -2.42. The van der Waals surface area contributed by atoms with Crippen molar-refractivity contribution < 1.29 is 4.79 Å². The molecule has 0 bridgehead atoms. The Morgan fingerprint density at radius 3 is 2.47 bits per heavy atom. The maximum absolute atomic E-state index is 12.3. The first kappa shape index (κ1) is 13.9. The highest BCUT2D eigenvalue weighted by Crippen LogP contribution is 2.23. The number of nitrogens with zero attached hydrogens (tertiary/aromatic N) is 1. The normalized spacial score (nSPS) is 16.2. The topological polar surface area (TPSA) is 32.3 Å². The van der Waals surface area contributed by atoms with Gasteiger partial charge in [-0.3, -0.25) is 4.79 Å². The maximum Gasteiger partial charge on any atom is 0.254 e. The average Bonchev–Trinajstić information content (AvgIpc) is 2.29. The van der Waals surface area contributed by atoms with Gasteiger partial charge in [-0.15, -0.1) is 0 Å². The molecule has 1 fully saturated rings.